The second kappa shape index (κ2) is 10.6. The summed E-state index contributed by atoms with van der Waals surface area (Å²) in [5, 5.41) is 11.3. The first-order chi connectivity index (χ1) is 12.1. The van der Waals surface area contributed by atoms with Crippen LogP contribution in [0.3, 0.4) is 0 Å². The van der Waals surface area contributed by atoms with Gasteiger partial charge < -0.3 is 24.9 Å². The molecule has 0 fully saturated rings. The minimum Gasteiger partial charge on any atom is -0.494 e. The van der Waals surface area contributed by atoms with Gasteiger partial charge in [-0.05, 0) is 62.7 Å². The summed E-state index contributed by atoms with van der Waals surface area (Å²) in [7, 11) is -4.41. The van der Waals surface area contributed by atoms with Gasteiger partial charge in [-0.25, -0.2) is 0 Å². The van der Waals surface area contributed by atoms with Gasteiger partial charge in [-0.15, -0.1) is 0 Å². The standard InChI is InChI=1S/C15H17ClNO4P.C3H8O/c1-2-21-14-8-6-13(7-9-14)17-15(22(18,19)20)11-4-3-5-12(16)10-11;1-3(2)4/h3-10,15,17H,2H2,1H3,(H2,18,19,20);3-4H,1-2H3. The lowest BCUT2D eigenvalue weighted by Gasteiger charge is -2.21. The Labute approximate surface area is 158 Å². The summed E-state index contributed by atoms with van der Waals surface area (Å²) < 4.78 is 17.1. The molecular formula is C18H25ClNO5P. The quantitative estimate of drug-likeness (QED) is 0.535. The van der Waals surface area contributed by atoms with Crippen LogP contribution in [0.25, 0.3) is 0 Å². The molecule has 0 bridgehead atoms. The Morgan fingerprint density at radius 1 is 1.15 bits per heavy atom. The molecule has 1 atom stereocenters. The zero-order valence-electron chi connectivity index (χ0n) is 15.0. The molecule has 0 saturated heterocycles. The van der Waals surface area contributed by atoms with Crippen LogP contribution in [0.4, 0.5) is 5.69 Å². The molecular weight excluding hydrogens is 377 g/mol. The van der Waals surface area contributed by atoms with Gasteiger partial charge in [-0.1, -0.05) is 23.7 Å². The molecule has 144 valence electrons. The fourth-order valence-corrected chi connectivity index (χ4v) is 3.08. The Kier molecular flexibility index (Phi) is 9.13. The second-order valence-electron chi connectivity index (χ2n) is 5.74. The molecule has 0 aliphatic carbocycles. The van der Waals surface area contributed by atoms with Gasteiger partial charge in [0.25, 0.3) is 0 Å². The zero-order valence-corrected chi connectivity index (χ0v) is 16.6. The van der Waals surface area contributed by atoms with Gasteiger partial charge in [0.2, 0.25) is 0 Å². The number of rotatable bonds is 6. The van der Waals surface area contributed by atoms with E-state index >= 15 is 0 Å². The Morgan fingerprint density at radius 2 is 1.73 bits per heavy atom. The van der Waals surface area contributed by atoms with Gasteiger partial charge in [-0.3, -0.25) is 4.57 Å². The third kappa shape index (κ3) is 8.21. The number of nitrogens with one attached hydrogen (secondary N) is 1. The lowest BCUT2D eigenvalue weighted by molar-refractivity contribution is 0.216. The maximum atomic E-state index is 11.8. The maximum Gasteiger partial charge on any atom is 0.352 e. The summed E-state index contributed by atoms with van der Waals surface area (Å²) in [6, 6.07) is 13.3. The summed E-state index contributed by atoms with van der Waals surface area (Å²) in [5.41, 5.74) is 1.01. The lowest BCUT2D eigenvalue weighted by atomic mass is 10.2. The van der Waals surface area contributed by atoms with Gasteiger partial charge in [-0.2, -0.15) is 0 Å². The topological polar surface area (TPSA) is 99.0 Å². The van der Waals surface area contributed by atoms with Crippen molar-refractivity contribution in [2.75, 3.05) is 11.9 Å². The van der Waals surface area contributed by atoms with Crippen molar-refractivity contribution in [2.45, 2.75) is 32.7 Å². The first kappa shape index (κ1) is 22.5. The average molecular weight is 402 g/mol. The van der Waals surface area contributed by atoms with Crippen LogP contribution in [0.5, 0.6) is 5.75 Å². The van der Waals surface area contributed by atoms with E-state index in [4.69, 9.17) is 21.4 Å². The first-order valence-electron chi connectivity index (χ1n) is 8.11. The zero-order chi connectivity index (χ0) is 19.7. The third-order valence-electron chi connectivity index (χ3n) is 2.97. The number of aliphatic hydroxyl groups excluding tert-OH is 1. The number of anilines is 1. The van der Waals surface area contributed by atoms with E-state index in [0.29, 0.717) is 28.6 Å². The van der Waals surface area contributed by atoms with Gasteiger partial charge in [0, 0.05) is 16.8 Å². The fourth-order valence-electron chi connectivity index (χ4n) is 2.01. The number of hydrogen-bond acceptors (Lipinski definition) is 4. The summed E-state index contributed by atoms with van der Waals surface area (Å²) in [6.45, 7) is 5.88. The molecule has 26 heavy (non-hydrogen) atoms. The Morgan fingerprint density at radius 3 is 2.19 bits per heavy atom. The van der Waals surface area contributed by atoms with E-state index in [0.717, 1.165) is 0 Å². The fraction of sp³-hybridized carbons (Fsp3) is 0.333. The molecule has 2 aromatic rings. The predicted octanol–water partition coefficient (Wildman–Crippen LogP) is 4.41. The number of hydrogen-bond donors (Lipinski definition) is 4. The highest BCUT2D eigenvalue weighted by atomic mass is 35.5. The van der Waals surface area contributed by atoms with Crippen LogP contribution in [0, 0.1) is 0 Å². The van der Waals surface area contributed by atoms with Crippen LogP contribution in [0.1, 0.15) is 32.1 Å². The normalized spacial score (nSPS) is 12.2. The van der Waals surface area contributed by atoms with Crippen molar-refractivity contribution in [3.05, 3.63) is 59.1 Å². The molecule has 6 nitrogen and oxygen atoms in total. The van der Waals surface area contributed by atoms with Crippen molar-refractivity contribution < 1.29 is 24.2 Å². The van der Waals surface area contributed by atoms with Crippen molar-refractivity contribution >= 4 is 24.9 Å². The molecule has 2 aromatic carbocycles. The molecule has 0 aromatic heterocycles. The van der Waals surface area contributed by atoms with Crippen molar-refractivity contribution in [3.8, 4) is 5.75 Å². The highest BCUT2D eigenvalue weighted by Gasteiger charge is 2.30. The molecule has 0 aliphatic rings. The van der Waals surface area contributed by atoms with Crippen molar-refractivity contribution in [1.29, 1.82) is 0 Å². The molecule has 0 spiro atoms. The summed E-state index contributed by atoms with van der Waals surface area (Å²) >= 11 is 5.90. The molecule has 0 radical (unpaired) electrons. The van der Waals surface area contributed by atoms with Crippen molar-refractivity contribution in [1.82, 2.24) is 0 Å². The third-order valence-corrected chi connectivity index (χ3v) is 4.30. The second-order valence-corrected chi connectivity index (χ2v) is 7.87. The highest BCUT2D eigenvalue weighted by Crippen LogP contribution is 2.52. The Hall–Kier alpha value is -1.56. The van der Waals surface area contributed by atoms with E-state index in [-0.39, 0.29) is 6.10 Å². The van der Waals surface area contributed by atoms with Gasteiger partial charge in [0.05, 0.1) is 6.61 Å². The van der Waals surface area contributed by atoms with Crippen LogP contribution in [-0.4, -0.2) is 27.6 Å². The molecule has 0 heterocycles. The smallest absolute Gasteiger partial charge is 0.352 e. The van der Waals surface area contributed by atoms with E-state index < -0.39 is 13.4 Å². The molecule has 0 aliphatic heterocycles. The molecule has 4 N–H and O–H groups in total. The van der Waals surface area contributed by atoms with E-state index in [2.05, 4.69) is 5.32 Å². The van der Waals surface area contributed by atoms with Crippen LogP contribution in [0.2, 0.25) is 5.02 Å². The van der Waals surface area contributed by atoms with Gasteiger partial charge >= 0.3 is 7.60 Å². The van der Waals surface area contributed by atoms with Gasteiger partial charge in [0.1, 0.15) is 5.75 Å². The molecule has 0 saturated carbocycles. The van der Waals surface area contributed by atoms with Crippen molar-refractivity contribution in [2.24, 2.45) is 0 Å². The Balaban J connectivity index is 0.000000765. The summed E-state index contributed by atoms with van der Waals surface area (Å²) in [6.07, 6.45) is -0.167. The number of ether oxygens (including phenoxy) is 1. The average Bonchev–Trinajstić information content (AvgIpc) is 2.53. The molecule has 8 heteroatoms. The lowest BCUT2D eigenvalue weighted by Crippen LogP contribution is -2.11. The number of benzene rings is 2. The van der Waals surface area contributed by atoms with Crippen molar-refractivity contribution in [3.63, 3.8) is 0 Å². The van der Waals surface area contributed by atoms with E-state index in [1.54, 1.807) is 56.3 Å². The van der Waals surface area contributed by atoms with Crippen LogP contribution in [0.15, 0.2) is 48.5 Å². The van der Waals surface area contributed by atoms with Crippen LogP contribution >= 0.6 is 19.2 Å². The predicted molar refractivity (Wildman–Crippen MR) is 105 cm³/mol. The van der Waals surface area contributed by atoms with E-state index in [1.165, 1.54) is 6.07 Å². The van der Waals surface area contributed by atoms with Crippen LogP contribution in [-0.2, 0) is 4.57 Å². The maximum absolute atomic E-state index is 11.8. The molecule has 2 rings (SSSR count). The largest absolute Gasteiger partial charge is 0.494 e. The number of halogens is 1. The minimum atomic E-state index is -4.41. The van der Waals surface area contributed by atoms with E-state index in [1.807, 2.05) is 6.92 Å². The monoisotopic (exact) mass is 401 g/mol. The molecule has 1 unspecified atom stereocenters. The molecule has 0 amide bonds. The minimum absolute atomic E-state index is 0.167. The summed E-state index contributed by atoms with van der Waals surface area (Å²) in [4.78, 5) is 19.2. The first-order valence-corrected chi connectivity index (χ1v) is 10.2. The number of aliphatic hydroxyl groups is 1. The highest BCUT2D eigenvalue weighted by molar-refractivity contribution is 7.52. The Bertz CT molecular complexity index is 715. The van der Waals surface area contributed by atoms with Gasteiger partial charge in [0.15, 0.2) is 5.78 Å². The van der Waals surface area contributed by atoms with Crippen LogP contribution < -0.4 is 10.1 Å². The SMILES string of the molecule is CC(C)O.CCOc1ccc(NC(c2cccc(Cl)c2)P(=O)(O)O)cc1. The van der Waals surface area contributed by atoms with E-state index in [9.17, 15) is 14.4 Å². The summed E-state index contributed by atoms with van der Waals surface area (Å²) in [5.74, 6) is -0.465.